The van der Waals surface area contributed by atoms with E-state index in [1.54, 1.807) is 6.07 Å². The predicted octanol–water partition coefficient (Wildman–Crippen LogP) is 2.96. The Hall–Kier alpha value is -1.85. The summed E-state index contributed by atoms with van der Waals surface area (Å²) < 4.78 is 31.5. The molecule has 0 aliphatic carbocycles. The van der Waals surface area contributed by atoms with Gasteiger partial charge in [-0.15, -0.1) is 0 Å². The molecule has 0 aliphatic rings. The van der Waals surface area contributed by atoms with Gasteiger partial charge < -0.3 is 4.90 Å². The highest BCUT2D eigenvalue weighted by atomic mass is 32.2. The number of nitrogens with zero attached hydrogens (tertiary/aromatic N) is 1. The van der Waals surface area contributed by atoms with Crippen LogP contribution in [0.15, 0.2) is 59.5 Å². The fourth-order valence-corrected chi connectivity index (χ4v) is 2.55. The van der Waals surface area contributed by atoms with Gasteiger partial charge in [0.05, 0.1) is 4.90 Å². The fraction of sp³-hybridized carbons (Fsp3) is 0.200. The van der Waals surface area contributed by atoms with Gasteiger partial charge in [0.2, 0.25) is 0 Å². The average molecular weight is 291 g/mol. The largest absolute Gasteiger partial charge is 0.367 e. The van der Waals surface area contributed by atoms with Crippen LogP contribution < -0.4 is 4.90 Å². The van der Waals surface area contributed by atoms with Crippen LogP contribution in [0.4, 0.5) is 5.69 Å². The molecule has 0 radical (unpaired) electrons. The first kappa shape index (κ1) is 14.6. The zero-order valence-corrected chi connectivity index (χ0v) is 12.0. The molecule has 0 atom stereocenters. The minimum atomic E-state index is -4.17. The molecule has 0 unspecified atom stereocenters. The maximum absolute atomic E-state index is 11.2. The lowest BCUT2D eigenvalue weighted by Crippen LogP contribution is -2.22. The second-order valence-corrected chi connectivity index (χ2v) is 5.89. The summed E-state index contributed by atoms with van der Waals surface area (Å²) in [6, 6.07) is 16.3. The molecule has 0 bridgehead atoms. The Labute approximate surface area is 119 Å². The Morgan fingerprint density at radius 1 is 1.05 bits per heavy atom. The summed E-state index contributed by atoms with van der Waals surface area (Å²) in [4.78, 5) is 1.96. The number of benzene rings is 2. The summed E-state index contributed by atoms with van der Waals surface area (Å²) in [6.07, 6.45) is 0. The first-order valence-electron chi connectivity index (χ1n) is 6.37. The maximum Gasteiger partial charge on any atom is 0.294 e. The normalized spacial score (nSPS) is 11.3. The number of rotatable bonds is 5. The molecule has 0 saturated heterocycles. The standard InChI is InChI=1S/C15H17NO3S/c1-2-16(12-13-7-4-3-5-8-13)14-9-6-10-15(11-14)20(17,18)19/h3-11H,2,12H2,1H3,(H,17,18,19). The van der Waals surface area contributed by atoms with Gasteiger partial charge in [-0.05, 0) is 30.7 Å². The molecule has 2 aromatic rings. The van der Waals surface area contributed by atoms with Crippen LogP contribution in [0.1, 0.15) is 12.5 Å². The molecular formula is C15H17NO3S. The first-order valence-corrected chi connectivity index (χ1v) is 7.81. The molecule has 0 fully saturated rings. The molecule has 0 aromatic heterocycles. The number of hydrogen-bond acceptors (Lipinski definition) is 3. The molecular weight excluding hydrogens is 274 g/mol. The smallest absolute Gasteiger partial charge is 0.294 e. The van der Waals surface area contributed by atoms with Gasteiger partial charge in [0, 0.05) is 18.8 Å². The van der Waals surface area contributed by atoms with Crippen molar-refractivity contribution in [1.29, 1.82) is 0 Å². The Bertz CT molecular complexity index is 669. The van der Waals surface area contributed by atoms with Crippen LogP contribution in [0.3, 0.4) is 0 Å². The highest BCUT2D eigenvalue weighted by Crippen LogP contribution is 2.21. The molecule has 0 spiro atoms. The van der Waals surface area contributed by atoms with Crippen molar-refractivity contribution in [3.8, 4) is 0 Å². The lowest BCUT2D eigenvalue weighted by atomic mass is 10.2. The lowest BCUT2D eigenvalue weighted by molar-refractivity contribution is 0.483. The highest BCUT2D eigenvalue weighted by molar-refractivity contribution is 7.85. The molecule has 2 aromatic carbocycles. The molecule has 0 saturated carbocycles. The molecule has 106 valence electrons. The van der Waals surface area contributed by atoms with Crippen LogP contribution >= 0.6 is 0 Å². The third-order valence-corrected chi connectivity index (χ3v) is 3.93. The molecule has 0 amide bonds. The summed E-state index contributed by atoms with van der Waals surface area (Å²) in [7, 11) is -4.17. The fourth-order valence-electron chi connectivity index (χ4n) is 2.03. The van der Waals surface area contributed by atoms with E-state index in [1.807, 2.05) is 48.2 Å². The summed E-state index contributed by atoms with van der Waals surface area (Å²) in [5, 5.41) is 0. The topological polar surface area (TPSA) is 57.6 Å². The Morgan fingerprint density at radius 3 is 2.35 bits per heavy atom. The second kappa shape index (κ2) is 6.07. The molecule has 2 rings (SSSR count). The molecule has 5 heteroatoms. The van der Waals surface area contributed by atoms with Gasteiger partial charge in [-0.1, -0.05) is 36.4 Å². The van der Waals surface area contributed by atoms with Crippen LogP contribution in [0.25, 0.3) is 0 Å². The molecule has 0 aliphatic heterocycles. The van der Waals surface area contributed by atoms with E-state index >= 15 is 0 Å². The third-order valence-electron chi connectivity index (χ3n) is 3.08. The second-order valence-electron chi connectivity index (χ2n) is 4.47. The zero-order valence-electron chi connectivity index (χ0n) is 11.2. The summed E-state index contributed by atoms with van der Waals surface area (Å²) in [6.45, 7) is 3.43. The van der Waals surface area contributed by atoms with Gasteiger partial charge in [0.1, 0.15) is 0 Å². The van der Waals surface area contributed by atoms with Crippen LogP contribution in [0, 0.1) is 0 Å². The Kier molecular flexibility index (Phi) is 4.42. The molecule has 4 nitrogen and oxygen atoms in total. The van der Waals surface area contributed by atoms with Crippen molar-refractivity contribution in [2.24, 2.45) is 0 Å². The van der Waals surface area contributed by atoms with Crippen LogP contribution in [0.5, 0.6) is 0 Å². The minimum absolute atomic E-state index is 0.0819. The van der Waals surface area contributed by atoms with Gasteiger partial charge in [-0.25, -0.2) is 0 Å². The lowest BCUT2D eigenvalue weighted by Gasteiger charge is -2.23. The van der Waals surface area contributed by atoms with Gasteiger partial charge in [0.25, 0.3) is 10.1 Å². The van der Waals surface area contributed by atoms with E-state index in [2.05, 4.69) is 0 Å². The first-order chi connectivity index (χ1) is 9.50. The van der Waals surface area contributed by atoms with Gasteiger partial charge in [-0.2, -0.15) is 8.42 Å². The van der Waals surface area contributed by atoms with Crippen molar-refractivity contribution in [3.05, 3.63) is 60.2 Å². The van der Waals surface area contributed by atoms with E-state index in [0.717, 1.165) is 17.8 Å². The van der Waals surface area contributed by atoms with Crippen molar-refractivity contribution in [3.63, 3.8) is 0 Å². The minimum Gasteiger partial charge on any atom is -0.367 e. The Balaban J connectivity index is 2.28. The van der Waals surface area contributed by atoms with Gasteiger partial charge in [-0.3, -0.25) is 4.55 Å². The van der Waals surface area contributed by atoms with Crippen LogP contribution in [-0.2, 0) is 16.7 Å². The van der Waals surface area contributed by atoms with Gasteiger partial charge in [0.15, 0.2) is 0 Å². The van der Waals surface area contributed by atoms with Crippen molar-refractivity contribution < 1.29 is 13.0 Å². The van der Waals surface area contributed by atoms with E-state index in [1.165, 1.54) is 12.1 Å². The number of hydrogen-bond donors (Lipinski definition) is 1. The van der Waals surface area contributed by atoms with Crippen LogP contribution in [-0.4, -0.2) is 19.5 Å². The van der Waals surface area contributed by atoms with Gasteiger partial charge >= 0.3 is 0 Å². The summed E-state index contributed by atoms with van der Waals surface area (Å²) >= 11 is 0. The van der Waals surface area contributed by atoms with Crippen LogP contribution in [0.2, 0.25) is 0 Å². The monoisotopic (exact) mass is 291 g/mol. The van der Waals surface area contributed by atoms with Crippen molar-refractivity contribution in [2.45, 2.75) is 18.4 Å². The average Bonchev–Trinajstić information content (AvgIpc) is 2.45. The summed E-state index contributed by atoms with van der Waals surface area (Å²) in [5.41, 5.74) is 1.91. The molecule has 0 heterocycles. The van der Waals surface area contributed by atoms with Crippen molar-refractivity contribution >= 4 is 15.8 Å². The zero-order chi connectivity index (χ0) is 14.6. The van der Waals surface area contributed by atoms with E-state index in [-0.39, 0.29) is 4.90 Å². The number of anilines is 1. The van der Waals surface area contributed by atoms with E-state index in [9.17, 15) is 8.42 Å². The van der Waals surface area contributed by atoms with Crippen molar-refractivity contribution in [2.75, 3.05) is 11.4 Å². The quantitative estimate of drug-likeness (QED) is 0.860. The maximum atomic E-state index is 11.2. The van der Waals surface area contributed by atoms with E-state index < -0.39 is 10.1 Å². The van der Waals surface area contributed by atoms with E-state index in [0.29, 0.717) is 6.54 Å². The van der Waals surface area contributed by atoms with E-state index in [4.69, 9.17) is 4.55 Å². The molecule has 1 N–H and O–H groups in total. The third kappa shape index (κ3) is 3.59. The SMILES string of the molecule is CCN(Cc1ccccc1)c1cccc(S(=O)(=O)O)c1. The Morgan fingerprint density at radius 2 is 1.75 bits per heavy atom. The molecule has 20 heavy (non-hydrogen) atoms. The highest BCUT2D eigenvalue weighted by Gasteiger charge is 2.12. The summed E-state index contributed by atoms with van der Waals surface area (Å²) in [5.74, 6) is 0. The van der Waals surface area contributed by atoms with Crippen molar-refractivity contribution in [1.82, 2.24) is 0 Å². The predicted molar refractivity (Wildman–Crippen MR) is 79.4 cm³/mol.